The van der Waals surface area contributed by atoms with Gasteiger partial charge in [0.1, 0.15) is 5.52 Å². The van der Waals surface area contributed by atoms with Gasteiger partial charge in [0.15, 0.2) is 12.0 Å². The first kappa shape index (κ1) is 11.7. The van der Waals surface area contributed by atoms with Crippen molar-refractivity contribution < 1.29 is 9.21 Å². The fourth-order valence-corrected chi connectivity index (χ4v) is 1.87. The molecule has 0 aliphatic heterocycles. The van der Waals surface area contributed by atoms with Crippen LogP contribution in [0, 0.1) is 0 Å². The Balaban J connectivity index is 1.83. The SMILES string of the molecule is O=C(Nc1ccc2ocnc2c1)c1ccc(Cl)cc1. The topological polar surface area (TPSA) is 55.1 Å². The molecule has 0 aliphatic rings. The lowest BCUT2D eigenvalue weighted by Crippen LogP contribution is -2.11. The predicted molar refractivity (Wildman–Crippen MR) is 73.4 cm³/mol. The van der Waals surface area contributed by atoms with Crippen molar-refractivity contribution in [2.24, 2.45) is 0 Å². The summed E-state index contributed by atoms with van der Waals surface area (Å²) in [6.45, 7) is 0. The molecule has 94 valence electrons. The minimum Gasteiger partial charge on any atom is -0.443 e. The first-order valence-electron chi connectivity index (χ1n) is 5.62. The molecule has 1 heterocycles. The molecule has 19 heavy (non-hydrogen) atoms. The van der Waals surface area contributed by atoms with E-state index in [0.29, 0.717) is 27.4 Å². The third kappa shape index (κ3) is 2.44. The van der Waals surface area contributed by atoms with Crippen LogP contribution in [0.5, 0.6) is 0 Å². The van der Waals surface area contributed by atoms with Gasteiger partial charge in [0.2, 0.25) is 0 Å². The maximum atomic E-state index is 12.0. The summed E-state index contributed by atoms with van der Waals surface area (Å²) < 4.78 is 5.14. The number of nitrogens with zero attached hydrogens (tertiary/aromatic N) is 1. The Morgan fingerprint density at radius 2 is 1.95 bits per heavy atom. The maximum Gasteiger partial charge on any atom is 0.255 e. The Morgan fingerprint density at radius 3 is 2.74 bits per heavy atom. The van der Waals surface area contributed by atoms with Gasteiger partial charge in [-0.25, -0.2) is 4.98 Å². The second-order valence-corrected chi connectivity index (χ2v) is 4.43. The van der Waals surface area contributed by atoms with Gasteiger partial charge in [0.25, 0.3) is 5.91 Å². The minimum atomic E-state index is -0.195. The van der Waals surface area contributed by atoms with Crippen LogP contribution in [0.25, 0.3) is 11.1 Å². The molecule has 0 atom stereocenters. The maximum absolute atomic E-state index is 12.0. The normalized spacial score (nSPS) is 10.6. The van der Waals surface area contributed by atoms with E-state index in [9.17, 15) is 4.79 Å². The van der Waals surface area contributed by atoms with E-state index >= 15 is 0 Å². The molecule has 0 saturated carbocycles. The largest absolute Gasteiger partial charge is 0.443 e. The van der Waals surface area contributed by atoms with Crippen LogP contribution in [0.2, 0.25) is 5.02 Å². The van der Waals surface area contributed by atoms with Crippen LogP contribution >= 0.6 is 11.6 Å². The van der Waals surface area contributed by atoms with Gasteiger partial charge < -0.3 is 9.73 Å². The summed E-state index contributed by atoms with van der Waals surface area (Å²) in [5, 5.41) is 3.39. The quantitative estimate of drug-likeness (QED) is 0.773. The predicted octanol–water partition coefficient (Wildman–Crippen LogP) is 3.73. The lowest BCUT2D eigenvalue weighted by Gasteiger charge is -2.05. The first-order valence-corrected chi connectivity index (χ1v) is 6.00. The van der Waals surface area contributed by atoms with Crippen molar-refractivity contribution >= 4 is 34.3 Å². The van der Waals surface area contributed by atoms with E-state index in [1.807, 2.05) is 0 Å². The molecule has 0 unspecified atom stereocenters. The number of carbonyl (C=O) groups is 1. The van der Waals surface area contributed by atoms with Crippen LogP contribution in [-0.4, -0.2) is 10.9 Å². The number of aromatic nitrogens is 1. The van der Waals surface area contributed by atoms with Crippen LogP contribution < -0.4 is 5.32 Å². The molecule has 1 aromatic heterocycles. The van der Waals surface area contributed by atoms with Crippen LogP contribution in [-0.2, 0) is 0 Å². The lowest BCUT2D eigenvalue weighted by molar-refractivity contribution is 0.102. The number of rotatable bonds is 2. The van der Waals surface area contributed by atoms with Crippen LogP contribution in [0.1, 0.15) is 10.4 Å². The van der Waals surface area contributed by atoms with Gasteiger partial charge in [-0.15, -0.1) is 0 Å². The molecule has 3 aromatic rings. The van der Waals surface area contributed by atoms with Crippen LogP contribution in [0.4, 0.5) is 5.69 Å². The zero-order chi connectivity index (χ0) is 13.2. The number of fused-ring (bicyclic) bond motifs is 1. The summed E-state index contributed by atoms with van der Waals surface area (Å²) in [4.78, 5) is 16.0. The summed E-state index contributed by atoms with van der Waals surface area (Å²) in [6, 6.07) is 12.0. The second kappa shape index (κ2) is 4.74. The molecule has 0 spiro atoms. The van der Waals surface area contributed by atoms with E-state index in [1.165, 1.54) is 6.39 Å². The number of benzene rings is 2. The highest BCUT2D eigenvalue weighted by Crippen LogP contribution is 2.18. The van der Waals surface area contributed by atoms with Gasteiger partial charge in [0.05, 0.1) is 0 Å². The van der Waals surface area contributed by atoms with E-state index < -0.39 is 0 Å². The van der Waals surface area contributed by atoms with Gasteiger partial charge in [-0.2, -0.15) is 0 Å². The van der Waals surface area contributed by atoms with Crippen molar-refractivity contribution in [2.75, 3.05) is 5.32 Å². The average molecular weight is 273 g/mol. The fraction of sp³-hybridized carbons (Fsp3) is 0. The molecule has 0 bridgehead atoms. The smallest absolute Gasteiger partial charge is 0.255 e. The van der Waals surface area contributed by atoms with Crippen molar-refractivity contribution in [2.45, 2.75) is 0 Å². The van der Waals surface area contributed by atoms with Gasteiger partial charge >= 0.3 is 0 Å². The highest BCUT2D eigenvalue weighted by molar-refractivity contribution is 6.30. The minimum absolute atomic E-state index is 0.195. The van der Waals surface area contributed by atoms with Crippen molar-refractivity contribution in [3.63, 3.8) is 0 Å². The number of carbonyl (C=O) groups excluding carboxylic acids is 1. The van der Waals surface area contributed by atoms with Gasteiger partial charge in [-0.1, -0.05) is 11.6 Å². The number of amides is 1. The lowest BCUT2D eigenvalue weighted by atomic mass is 10.2. The highest BCUT2D eigenvalue weighted by atomic mass is 35.5. The van der Waals surface area contributed by atoms with Crippen LogP contribution in [0.15, 0.2) is 53.3 Å². The number of nitrogens with one attached hydrogen (secondary N) is 1. The molecule has 3 rings (SSSR count). The zero-order valence-electron chi connectivity index (χ0n) is 9.76. The van der Waals surface area contributed by atoms with E-state index in [1.54, 1.807) is 42.5 Å². The number of hydrogen-bond acceptors (Lipinski definition) is 3. The monoisotopic (exact) mass is 272 g/mol. The highest BCUT2D eigenvalue weighted by Gasteiger charge is 2.07. The second-order valence-electron chi connectivity index (χ2n) is 4.00. The van der Waals surface area contributed by atoms with E-state index in [0.717, 1.165) is 0 Å². The molecule has 0 saturated heterocycles. The average Bonchev–Trinajstić information content (AvgIpc) is 2.87. The molecule has 1 N–H and O–H groups in total. The Morgan fingerprint density at radius 1 is 1.16 bits per heavy atom. The fourth-order valence-electron chi connectivity index (χ4n) is 1.74. The molecule has 0 aliphatic carbocycles. The van der Waals surface area contributed by atoms with E-state index in [2.05, 4.69) is 10.3 Å². The summed E-state index contributed by atoms with van der Waals surface area (Å²) >= 11 is 5.78. The van der Waals surface area contributed by atoms with Crippen molar-refractivity contribution in [1.29, 1.82) is 0 Å². The summed E-state index contributed by atoms with van der Waals surface area (Å²) in [7, 11) is 0. The van der Waals surface area contributed by atoms with Crippen molar-refractivity contribution in [3.8, 4) is 0 Å². The van der Waals surface area contributed by atoms with Crippen molar-refractivity contribution in [3.05, 3.63) is 59.4 Å². The van der Waals surface area contributed by atoms with Gasteiger partial charge in [0, 0.05) is 16.3 Å². The summed E-state index contributed by atoms with van der Waals surface area (Å²) in [6.07, 6.45) is 1.37. The number of hydrogen-bond donors (Lipinski definition) is 1. The standard InChI is InChI=1S/C14H9ClN2O2/c15-10-3-1-9(2-4-10)14(18)17-11-5-6-13-12(7-11)16-8-19-13/h1-8H,(H,17,18). The van der Waals surface area contributed by atoms with Gasteiger partial charge in [-0.05, 0) is 42.5 Å². The zero-order valence-corrected chi connectivity index (χ0v) is 10.5. The number of oxazole rings is 1. The molecule has 1 amide bonds. The van der Waals surface area contributed by atoms with E-state index in [4.69, 9.17) is 16.0 Å². The summed E-state index contributed by atoms with van der Waals surface area (Å²) in [5.41, 5.74) is 2.60. The third-order valence-corrected chi connectivity index (χ3v) is 2.95. The number of anilines is 1. The Hall–Kier alpha value is -2.33. The van der Waals surface area contributed by atoms with Crippen LogP contribution in [0.3, 0.4) is 0 Å². The Labute approximate surface area is 114 Å². The summed E-state index contributed by atoms with van der Waals surface area (Å²) in [5.74, 6) is -0.195. The van der Waals surface area contributed by atoms with E-state index in [-0.39, 0.29) is 5.91 Å². The Bertz CT molecular complexity index is 735. The number of halogens is 1. The van der Waals surface area contributed by atoms with Gasteiger partial charge in [-0.3, -0.25) is 4.79 Å². The molecule has 0 radical (unpaired) electrons. The van der Waals surface area contributed by atoms with Crippen molar-refractivity contribution in [1.82, 2.24) is 4.98 Å². The molecule has 2 aromatic carbocycles. The molecular weight excluding hydrogens is 264 g/mol. The first-order chi connectivity index (χ1) is 9.22. The third-order valence-electron chi connectivity index (χ3n) is 2.69. The molecule has 4 nitrogen and oxygen atoms in total. The molecular formula is C14H9ClN2O2. The Kier molecular flexibility index (Phi) is 2.93. The molecule has 5 heteroatoms. The molecule has 0 fully saturated rings.